The van der Waals surface area contributed by atoms with Crippen LogP contribution in [0, 0.1) is 0 Å². The van der Waals surface area contributed by atoms with Crippen LogP contribution >= 0.6 is 15.9 Å². The summed E-state index contributed by atoms with van der Waals surface area (Å²) in [5, 5.41) is 7.48. The largest absolute Gasteiger partial charge is 0.375 e. The highest BCUT2D eigenvalue weighted by molar-refractivity contribution is 9.10. The summed E-state index contributed by atoms with van der Waals surface area (Å²) in [6.45, 7) is 4.71. The Balaban J connectivity index is 2.18. The molecule has 1 aromatic heterocycles. The Morgan fingerprint density at radius 2 is 2.14 bits per heavy atom. The molecule has 1 atom stereocenters. The highest BCUT2D eigenvalue weighted by Gasteiger charge is 2.37. The van der Waals surface area contributed by atoms with Crippen LogP contribution in [0.4, 0.5) is 0 Å². The molecule has 1 aliphatic heterocycles. The van der Waals surface area contributed by atoms with Gasteiger partial charge < -0.3 is 4.74 Å². The van der Waals surface area contributed by atoms with E-state index in [9.17, 15) is 8.42 Å². The number of sulfonamides is 1. The summed E-state index contributed by atoms with van der Waals surface area (Å²) in [5.41, 5.74) is -0.229. The second-order valence-electron chi connectivity index (χ2n) is 5.36. The Bertz CT molecular complexity index is 578. The fourth-order valence-electron chi connectivity index (χ4n) is 2.75. The van der Waals surface area contributed by atoms with Crippen molar-refractivity contribution < 1.29 is 13.2 Å². The van der Waals surface area contributed by atoms with Gasteiger partial charge in [-0.05, 0) is 41.6 Å². The molecule has 1 saturated heterocycles. The van der Waals surface area contributed by atoms with Crippen molar-refractivity contribution in [3.63, 3.8) is 0 Å². The Hall–Kier alpha value is -0.510. The van der Waals surface area contributed by atoms with Crippen LogP contribution in [-0.2, 0) is 21.8 Å². The molecule has 0 aliphatic carbocycles. The van der Waals surface area contributed by atoms with Crippen LogP contribution in [0.2, 0.25) is 0 Å². The molecule has 2 rings (SSSR count). The van der Waals surface area contributed by atoms with E-state index in [0.717, 1.165) is 12.8 Å². The lowest BCUT2D eigenvalue weighted by Gasteiger charge is -2.40. The molecule has 1 aromatic rings. The molecule has 1 N–H and O–H groups in total. The highest BCUT2D eigenvalue weighted by atomic mass is 79.9. The summed E-state index contributed by atoms with van der Waals surface area (Å²) in [6, 6.07) is -0.134. The molecule has 9 heteroatoms. The lowest BCUT2D eigenvalue weighted by molar-refractivity contribution is -0.0905. The first kappa shape index (κ1) is 16.9. The predicted molar refractivity (Wildman–Crippen MR) is 81.3 cm³/mol. The highest BCUT2D eigenvalue weighted by Crippen LogP contribution is 2.32. The number of hydrogen-bond donors (Lipinski definition) is 1. The Labute approximate surface area is 133 Å². The number of ether oxygens (including phenoxy) is 1. The van der Waals surface area contributed by atoms with Gasteiger partial charge in [0.2, 0.25) is 5.03 Å². The molecule has 0 aromatic carbocycles. The van der Waals surface area contributed by atoms with Gasteiger partial charge in [0.1, 0.15) is 0 Å². The molecule has 21 heavy (non-hydrogen) atoms. The minimum Gasteiger partial charge on any atom is -0.375 e. The summed E-state index contributed by atoms with van der Waals surface area (Å²) in [6.07, 6.45) is 3.10. The summed E-state index contributed by atoms with van der Waals surface area (Å²) in [7, 11) is -2.10. The molecule has 0 bridgehead atoms. The van der Waals surface area contributed by atoms with Crippen LogP contribution in [0.1, 0.15) is 39.5 Å². The minimum atomic E-state index is -3.66. The van der Waals surface area contributed by atoms with Crippen LogP contribution in [0.25, 0.3) is 0 Å². The van der Waals surface area contributed by atoms with Gasteiger partial charge in [0.05, 0.1) is 5.60 Å². The van der Waals surface area contributed by atoms with E-state index >= 15 is 0 Å². The van der Waals surface area contributed by atoms with Crippen molar-refractivity contribution in [3.05, 3.63) is 4.60 Å². The first-order chi connectivity index (χ1) is 9.83. The minimum absolute atomic E-state index is 0.0487. The van der Waals surface area contributed by atoms with E-state index in [4.69, 9.17) is 4.74 Å². The third kappa shape index (κ3) is 3.46. The van der Waals surface area contributed by atoms with Crippen molar-refractivity contribution in [1.82, 2.24) is 19.7 Å². The molecule has 0 radical (unpaired) electrons. The lowest BCUT2D eigenvalue weighted by Crippen LogP contribution is -2.48. The molecule has 1 fully saturated rings. The van der Waals surface area contributed by atoms with Crippen LogP contribution < -0.4 is 4.72 Å². The van der Waals surface area contributed by atoms with E-state index in [-0.39, 0.29) is 21.3 Å². The molecule has 7 nitrogen and oxygen atoms in total. The first-order valence-corrected chi connectivity index (χ1v) is 9.32. The molecule has 1 aliphatic rings. The Morgan fingerprint density at radius 3 is 2.67 bits per heavy atom. The van der Waals surface area contributed by atoms with Gasteiger partial charge in [-0.3, -0.25) is 0 Å². The van der Waals surface area contributed by atoms with Crippen molar-refractivity contribution in [2.45, 2.75) is 56.2 Å². The van der Waals surface area contributed by atoms with E-state index < -0.39 is 10.0 Å². The third-order valence-electron chi connectivity index (χ3n) is 4.10. The number of nitrogens with zero attached hydrogens (tertiary/aromatic N) is 3. The van der Waals surface area contributed by atoms with Crippen LogP contribution in [0.3, 0.4) is 0 Å². The summed E-state index contributed by atoms with van der Waals surface area (Å²) >= 11 is 3.13. The molecule has 0 amide bonds. The number of aryl methyl sites for hydroxylation is 1. The maximum Gasteiger partial charge on any atom is 0.260 e. The zero-order valence-corrected chi connectivity index (χ0v) is 14.9. The summed E-state index contributed by atoms with van der Waals surface area (Å²) in [4.78, 5) is 0. The van der Waals surface area contributed by atoms with E-state index in [2.05, 4.69) is 44.8 Å². The van der Waals surface area contributed by atoms with E-state index in [1.54, 1.807) is 7.05 Å². The van der Waals surface area contributed by atoms with E-state index in [1.165, 1.54) is 4.68 Å². The van der Waals surface area contributed by atoms with Crippen molar-refractivity contribution in [2.24, 2.45) is 7.05 Å². The molecule has 2 heterocycles. The maximum atomic E-state index is 12.5. The fraction of sp³-hybridized carbons (Fsp3) is 0.833. The van der Waals surface area contributed by atoms with Gasteiger partial charge in [0.25, 0.3) is 10.0 Å². The third-order valence-corrected chi connectivity index (χ3v) is 6.50. The molecule has 120 valence electrons. The van der Waals surface area contributed by atoms with Gasteiger partial charge in [-0.15, -0.1) is 5.10 Å². The first-order valence-electron chi connectivity index (χ1n) is 7.05. The standard InChI is InChI=1S/C12H21BrN4O3S/c1-4-12(5-2)8-9(6-7-20-12)15-21(18,19)11-10(13)14-16-17(11)3/h9,15H,4-8H2,1-3H3. The van der Waals surface area contributed by atoms with Crippen molar-refractivity contribution in [3.8, 4) is 0 Å². The van der Waals surface area contributed by atoms with Gasteiger partial charge in [-0.1, -0.05) is 19.1 Å². The van der Waals surface area contributed by atoms with Crippen molar-refractivity contribution in [2.75, 3.05) is 6.61 Å². The van der Waals surface area contributed by atoms with Gasteiger partial charge >= 0.3 is 0 Å². The van der Waals surface area contributed by atoms with E-state index in [1.807, 2.05) is 0 Å². The molecular formula is C12H21BrN4O3S. The van der Waals surface area contributed by atoms with Crippen LogP contribution in [0.15, 0.2) is 9.63 Å². The molecular weight excluding hydrogens is 360 g/mol. The monoisotopic (exact) mass is 380 g/mol. The van der Waals surface area contributed by atoms with E-state index in [0.29, 0.717) is 19.4 Å². The zero-order chi connectivity index (χ0) is 15.7. The van der Waals surface area contributed by atoms with Crippen LogP contribution in [0.5, 0.6) is 0 Å². The maximum absolute atomic E-state index is 12.5. The van der Waals surface area contributed by atoms with Crippen LogP contribution in [-0.4, -0.2) is 41.7 Å². The fourth-order valence-corrected chi connectivity index (χ4v) is 5.12. The lowest BCUT2D eigenvalue weighted by atomic mass is 9.86. The average Bonchev–Trinajstić information content (AvgIpc) is 2.78. The van der Waals surface area contributed by atoms with Gasteiger partial charge in [-0.2, -0.15) is 0 Å². The molecule has 0 spiro atoms. The number of halogens is 1. The normalized spacial score (nSPS) is 22.4. The quantitative estimate of drug-likeness (QED) is 0.837. The van der Waals surface area contributed by atoms with Crippen molar-refractivity contribution >= 4 is 26.0 Å². The number of nitrogens with one attached hydrogen (secondary N) is 1. The number of aromatic nitrogens is 3. The zero-order valence-electron chi connectivity index (χ0n) is 12.5. The summed E-state index contributed by atoms with van der Waals surface area (Å²) < 4.78 is 35.1. The van der Waals surface area contributed by atoms with Gasteiger partial charge in [0.15, 0.2) is 4.60 Å². The second kappa shape index (κ2) is 6.31. The van der Waals surface area contributed by atoms with Crippen molar-refractivity contribution in [1.29, 1.82) is 0 Å². The number of hydrogen-bond acceptors (Lipinski definition) is 5. The molecule has 1 unspecified atom stereocenters. The molecule has 0 saturated carbocycles. The van der Waals surface area contributed by atoms with Gasteiger partial charge in [-0.25, -0.2) is 17.8 Å². The Morgan fingerprint density at radius 1 is 1.48 bits per heavy atom. The average molecular weight is 381 g/mol. The SMILES string of the molecule is CCC1(CC)CC(NS(=O)(=O)c2c(Br)nnn2C)CCO1. The Kier molecular flexibility index (Phi) is 5.07. The summed E-state index contributed by atoms with van der Waals surface area (Å²) in [5.74, 6) is 0. The smallest absolute Gasteiger partial charge is 0.260 e. The number of rotatable bonds is 5. The van der Waals surface area contributed by atoms with Gasteiger partial charge in [0, 0.05) is 19.7 Å². The topological polar surface area (TPSA) is 86.1 Å². The predicted octanol–water partition coefficient (Wildman–Crippen LogP) is 1.59. The second-order valence-corrected chi connectivity index (χ2v) is 7.74.